The van der Waals surface area contributed by atoms with Crippen LogP contribution in [-0.2, 0) is 32.0 Å². The molecule has 2 aromatic heterocycles. The van der Waals surface area contributed by atoms with E-state index in [1.807, 2.05) is 24.3 Å². The first kappa shape index (κ1) is 31.1. The van der Waals surface area contributed by atoms with Crippen LogP contribution in [0, 0.1) is 5.92 Å². The minimum absolute atomic E-state index is 0.0796. The fourth-order valence-electron chi connectivity index (χ4n) is 5.57. The summed E-state index contributed by atoms with van der Waals surface area (Å²) in [6.45, 7) is 4.23. The van der Waals surface area contributed by atoms with Gasteiger partial charge in [0.2, 0.25) is 23.6 Å². The van der Waals surface area contributed by atoms with Crippen molar-refractivity contribution in [3.8, 4) is 5.75 Å². The molecule has 0 saturated carbocycles. The SMILES string of the molecule is C=C(C(N)=O)[C@H](NC(=O)[C@H](Cc1c[nH]c2ccccc12)NC(=O)[C@H]1CCN(C(=O)[C@@H](N)Cc2ccc(O)cc2)C1)c1ccco1. The maximum absolute atomic E-state index is 13.8. The van der Waals surface area contributed by atoms with E-state index in [2.05, 4.69) is 22.2 Å². The highest BCUT2D eigenvalue weighted by Gasteiger charge is 2.36. The molecule has 4 atom stereocenters. The predicted octanol–water partition coefficient (Wildman–Crippen LogP) is 1.81. The molecule has 1 fully saturated rings. The molecule has 12 heteroatoms. The Bertz CT molecular complexity index is 1700. The van der Waals surface area contributed by atoms with Crippen molar-refractivity contribution in [3.05, 3.63) is 102 Å². The van der Waals surface area contributed by atoms with Crippen molar-refractivity contribution < 1.29 is 28.7 Å². The number of furan rings is 1. The summed E-state index contributed by atoms with van der Waals surface area (Å²) in [7, 11) is 0. The molecule has 8 N–H and O–H groups in total. The number of rotatable bonds is 12. The molecule has 0 radical (unpaired) electrons. The van der Waals surface area contributed by atoms with Crippen LogP contribution in [0.3, 0.4) is 0 Å². The van der Waals surface area contributed by atoms with Gasteiger partial charge >= 0.3 is 0 Å². The number of carbonyl (C=O) groups is 4. The molecular formula is C33H36N6O6. The Labute approximate surface area is 259 Å². The summed E-state index contributed by atoms with van der Waals surface area (Å²) in [5.74, 6) is -2.23. The van der Waals surface area contributed by atoms with Gasteiger partial charge in [-0.3, -0.25) is 19.2 Å². The number of aromatic amines is 1. The fourth-order valence-corrected chi connectivity index (χ4v) is 5.57. The summed E-state index contributed by atoms with van der Waals surface area (Å²) in [4.78, 5) is 57.2. The van der Waals surface area contributed by atoms with Crippen LogP contribution in [0.1, 0.15) is 29.3 Å². The van der Waals surface area contributed by atoms with Crippen LogP contribution in [0.5, 0.6) is 5.75 Å². The van der Waals surface area contributed by atoms with Gasteiger partial charge < -0.3 is 41.5 Å². The van der Waals surface area contributed by atoms with Crippen LogP contribution in [0.2, 0.25) is 0 Å². The number of phenols is 1. The first-order valence-corrected chi connectivity index (χ1v) is 14.6. The van der Waals surface area contributed by atoms with Crippen LogP contribution in [0.25, 0.3) is 10.9 Å². The highest BCUT2D eigenvalue weighted by Crippen LogP contribution is 2.24. The lowest BCUT2D eigenvalue weighted by Crippen LogP contribution is -2.51. The zero-order chi connectivity index (χ0) is 32.1. The van der Waals surface area contributed by atoms with Gasteiger partial charge in [0.1, 0.15) is 23.6 Å². The summed E-state index contributed by atoms with van der Waals surface area (Å²) >= 11 is 0. The first-order chi connectivity index (χ1) is 21.6. The van der Waals surface area contributed by atoms with Crippen molar-refractivity contribution in [2.45, 2.75) is 37.4 Å². The number of H-pyrrole nitrogens is 1. The number of benzene rings is 2. The topological polar surface area (TPSA) is 197 Å². The third-order valence-electron chi connectivity index (χ3n) is 8.09. The molecule has 0 aliphatic carbocycles. The number of hydrogen-bond acceptors (Lipinski definition) is 7. The number of aromatic nitrogens is 1. The van der Waals surface area contributed by atoms with E-state index in [9.17, 15) is 24.3 Å². The summed E-state index contributed by atoms with van der Waals surface area (Å²) in [6, 6.07) is 14.4. The summed E-state index contributed by atoms with van der Waals surface area (Å²) < 4.78 is 5.44. The number of carbonyl (C=O) groups excluding carboxylic acids is 4. The second kappa shape index (κ2) is 13.5. The molecule has 3 heterocycles. The van der Waals surface area contributed by atoms with Gasteiger partial charge in [-0.2, -0.15) is 0 Å². The molecule has 0 unspecified atom stereocenters. The Morgan fingerprint density at radius 3 is 2.51 bits per heavy atom. The van der Waals surface area contributed by atoms with Gasteiger partial charge in [0, 0.05) is 42.2 Å². The number of para-hydroxylation sites is 1. The molecule has 1 aliphatic heterocycles. The molecule has 4 aromatic rings. The largest absolute Gasteiger partial charge is 0.508 e. The number of likely N-dealkylation sites (tertiary alicyclic amines) is 1. The van der Waals surface area contributed by atoms with Crippen LogP contribution >= 0.6 is 0 Å². The predicted molar refractivity (Wildman–Crippen MR) is 166 cm³/mol. The maximum Gasteiger partial charge on any atom is 0.246 e. The molecule has 1 saturated heterocycles. The average molecular weight is 613 g/mol. The highest BCUT2D eigenvalue weighted by atomic mass is 16.3. The van der Waals surface area contributed by atoms with Crippen LogP contribution in [-0.4, -0.2) is 63.8 Å². The lowest BCUT2D eigenvalue weighted by Gasteiger charge is -2.24. The van der Waals surface area contributed by atoms with E-state index < -0.39 is 35.9 Å². The number of fused-ring (bicyclic) bond motifs is 1. The van der Waals surface area contributed by atoms with Crippen molar-refractivity contribution in [2.24, 2.45) is 17.4 Å². The van der Waals surface area contributed by atoms with E-state index in [-0.39, 0.29) is 48.3 Å². The molecular weight excluding hydrogens is 576 g/mol. The Kier molecular flexibility index (Phi) is 9.33. The summed E-state index contributed by atoms with van der Waals surface area (Å²) in [5.41, 5.74) is 14.1. The Balaban J connectivity index is 1.30. The maximum atomic E-state index is 13.8. The Hall–Kier alpha value is -5.36. The lowest BCUT2D eigenvalue weighted by atomic mass is 10.0. The monoisotopic (exact) mass is 612 g/mol. The molecule has 45 heavy (non-hydrogen) atoms. The van der Waals surface area contributed by atoms with Gasteiger partial charge in [-0.15, -0.1) is 0 Å². The minimum atomic E-state index is -1.05. The van der Waals surface area contributed by atoms with Crippen molar-refractivity contribution in [1.29, 1.82) is 0 Å². The van der Waals surface area contributed by atoms with E-state index >= 15 is 0 Å². The number of nitrogens with one attached hydrogen (secondary N) is 3. The number of amides is 4. The van der Waals surface area contributed by atoms with Crippen LogP contribution in [0.15, 0.2) is 89.7 Å². The Morgan fingerprint density at radius 2 is 1.80 bits per heavy atom. The standard InChI is InChI=1S/C33H36N6O6/c1-19(30(35)41)29(28-7-4-14-45-28)38-32(43)27(16-22-17-36-26-6-3-2-5-24(22)26)37-31(42)21-12-13-39(18-21)33(44)25(34)15-20-8-10-23(40)11-9-20/h2-11,14,17,21,25,27,29,36,40H,1,12-13,15-16,18,34H2,(H2,35,41)(H,37,42)(H,38,43)/t21-,25-,27-,29-/m0/s1. The molecule has 0 bridgehead atoms. The number of aromatic hydroxyl groups is 1. The number of nitrogens with zero attached hydrogens (tertiary/aromatic N) is 1. The zero-order valence-corrected chi connectivity index (χ0v) is 24.6. The van der Waals surface area contributed by atoms with Crippen molar-refractivity contribution in [3.63, 3.8) is 0 Å². The van der Waals surface area contributed by atoms with Gasteiger partial charge in [0.25, 0.3) is 0 Å². The molecule has 1 aliphatic rings. The van der Waals surface area contributed by atoms with E-state index in [1.54, 1.807) is 35.4 Å². The van der Waals surface area contributed by atoms with Crippen molar-refractivity contribution in [1.82, 2.24) is 20.5 Å². The molecule has 234 valence electrons. The lowest BCUT2D eigenvalue weighted by molar-refractivity contribution is -0.133. The smallest absolute Gasteiger partial charge is 0.246 e. The van der Waals surface area contributed by atoms with Crippen LogP contribution < -0.4 is 22.1 Å². The van der Waals surface area contributed by atoms with E-state index in [0.29, 0.717) is 13.0 Å². The third kappa shape index (κ3) is 7.24. The van der Waals surface area contributed by atoms with Gasteiger partial charge in [-0.05, 0) is 54.3 Å². The van der Waals surface area contributed by atoms with E-state index in [4.69, 9.17) is 15.9 Å². The number of hydrogen-bond donors (Lipinski definition) is 6. The van der Waals surface area contributed by atoms with Gasteiger partial charge in [0.05, 0.1) is 18.2 Å². The minimum Gasteiger partial charge on any atom is -0.508 e. The summed E-state index contributed by atoms with van der Waals surface area (Å²) in [6.07, 6.45) is 4.01. The summed E-state index contributed by atoms with van der Waals surface area (Å²) in [5, 5.41) is 16.1. The highest BCUT2D eigenvalue weighted by molar-refractivity contribution is 5.95. The van der Waals surface area contributed by atoms with Crippen molar-refractivity contribution in [2.75, 3.05) is 13.1 Å². The molecule has 4 amide bonds. The number of primary amides is 1. The first-order valence-electron chi connectivity index (χ1n) is 14.6. The van der Waals surface area contributed by atoms with Gasteiger partial charge in [-0.1, -0.05) is 36.9 Å². The molecule has 12 nitrogen and oxygen atoms in total. The zero-order valence-electron chi connectivity index (χ0n) is 24.6. The Morgan fingerprint density at radius 1 is 1.04 bits per heavy atom. The fraction of sp³-hybridized carbons (Fsp3) is 0.273. The van der Waals surface area contributed by atoms with Gasteiger partial charge in [0.15, 0.2) is 0 Å². The second-order valence-corrected chi connectivity index (χ2v) is 11.2. The quantitative estimate of drug-likeness (QED) is 0.131. The average Bonchev–Trinajstić information content (AvgIpc) is 3.82. The third-order valence-corrected chi connectivity index (χ3v) is 8.09. The second-order valence-electron chi connectivity index (χ2n) is 11.2. The van der Waals surface area contributed by atoms with E-state index in [0.717, 1.165) is 22.0 Å². The molecule has 2 aromatic carbocycles. The molecule has 5 rings (SSSR count). The number of nitrogens with two attached hydrogens (primary N) is 2. The van der Waals surface area contributed by atoms with Crippen molar-refractivity contribution >= 4 is 34.5 Å². The number of phenolic OH excluding ortho intramolecular Hbond substituents is 1. The molecule has 0 spiro atoms. The van der Waals surface area contributed by atoms with Gasteiger partial charge in [-0.25, -0.2) is 0 Å². The van der Waals surface area contributed by atoms with E-state index in [1.165, 1.54) is 18.4 Å². The normalized spacial score (nSPS) is 16.6. The van der Waals surface area contributed by atoms with Crippen LogP contribution in [0.4, 0.5) is 0 Å².